The molecule has 1 atom stereocenters. The van der Waals surface area contributed by atoms with Crippen LogP contribution in [0.1, 0.15) is 22.3 Å². The Hall–Kier alpha value is -3.15. The molecule has 2 N–H and O–H groups in total. The van der Waals surface area contributed by atoms with Crippen molar-refractivity contribution in [3.05, 3.63) is 59.7 Å². The number of hydrogen-bond donors (Lipinski definition) is 2. The third kappa shape index (κ3) is 2.99. The number of nitrogens with one attached hydrogen (secondary N) is 1. The highest BCUT2D eigenvalue weighted by Crippen LogP contribution is 2.25. The predicted molar refractivity (Wildman–Crippen MR) is 89.1 cm³/mol. The van der Waals surface area contributed by atoms with Crippen LogP contribution in [0.25, 0.3) is 0 Å². The fourth-order valence-corrected chi connectivity index (χ4v) is 2.65. The molecule has 1 aliphatic heterocycles. The van der Waals surface area contributed by atoms with Crippen molar-refractivity contribution in [3.8, 4) is 0 Å². The van der Waals surface area contributed by atoms with Gasteiger partial charge in [-0.05, 0) is 37.3 Å². The summed E-state index contributed by atoms with van der Waals surface area (Å²) in [7, 11) is 0. The van der Waals surface area contributed by atoms with Crippen molar-refractivity contribution in [1.82, 2.24) is 0 Å². The topological polar surface area (TPSA) is 86.7 Å². The summed E-state index contributed by atoms with van der Waals surface area (Å²) in [6.07, 6.45) is 0.0318. The number of aryl methyl sites for hydroxylation is 1. The fraction of sp³-hybridized carbons (Fsp3) is 0.167. The van der Waals surface area contributed by atoms with E-state index < -0.39 is 12.0 Å². The number of benzene rings is 2. The van der Waals surface area contributed by atoms with Gasteiger partial charge in [0, 0.05) is 5.69 Å². The van der Waals surface area contributed by atoms with Gasteiger partial charge < -0.3 is 10.4 Å². The largest absolute Gasteiger partial charge is 0.478 e. The van der Waals surface area contributed by atoms with Crippen LogP contribution in [0.2, 0.25) is 0 Å². The van der Waals surface area contributed by atoms with E-state index in [1.54, 1.807) is 24.3 Å². The molecule has 3 rings (SSSR count). The van der Waals surface area contributed by atoms with Crippen molar-refractivity contribution in [3.63, 3.8) is 0 Å². The second kappa shape index (κ2) is 6.16. The maximum atomic E-state index is 12.6. The summed E-state index contributed by atoms with van der Waals surface area (Å²) in [5, 5.41) is 12.0. The van der Waals surface area contributed by atoms with Gasteiger partial charge in [-0.2, -0.15) is 0 Å². The van der Waals surface area contributed by atoms with Crippen molar-refractivity contribution < 1.29 is 19.5 Å². The molecule has 2 aromatic carbocycles. The van der Waals surface area contributed by atoms with E-state index in [1.807, 2.05) is 19.1 Å². The van der Waals surface area contributed by atoms with Gasteiger partial charge in [-0.25, -0.2) is 9.69 Å². The molecule has 0 spiro atoms. The molecule has 2 aromatic rings. The summed E-state index contributed by atoms with van der Waals surface area (Å²) < 4.78 is 0. The molecular weight excluding hydrogens is 308 g/mol. The first-order valence-corrected chi connectivity index (χ1v) is 7.49. The molecule has 2 amide bonds. The van der Waals surface area contributed by atoms with Gasteiger partial charge in [-0.3, -0.25) is 9.59 Å². The minimum Gasteiger partial charge on any atom is -0.478 e. The van der Waals surface area contributed by atoms with E-state index in [0.717, 1.165) is 10.5 Å². The number of anilines is 2. The lowest BCUT2D eigenvalue weighted by atomic mass is 10.1. The molecule has 0 radical (unpaired) electrons. The highest BCUT2D eigenvalue weighted by molar-refractivity contribution is 6.23. The molecule has 122 valence electrons. The van der Waals surface area contributed by atoms with E-state index >= 15 is 0 Å². The SMILES string of the molecule is Cc1ccc(N2C(=O)C[C@@H](Nc3cccc(C(=O)O)c3)C2=O)cc1. The maximum absolute atomic E-state index is 12.6. The molecule has 0 bridgehead atoms. The van der Waals surface area contributed by atoms with Gasteiger partial charge in [0.1, 0.15) is 6.04 Å². The number of carboxylic acid groups (broad SMARTS) is 1. The van der Waals surface area contributed by atoms with Gasteiger partial charge in [0.15, 0.2) is 0 Å². The molecule has 0 unspecified atom stereocenters. The van der Waals surface area contributed by atoms with Crippen LogP contribution in [0.4, 0.5) is 11.4 Å². The molecule has 0 aliphatic carbocycles. The van der Waals surface area contributed by atoms with Crippen molar-refractivity contribution in [1.29, 1.82) is 0 Å². The summed E-state index contributed by atoms with van der Waals surface area (Å²) in [5.41, 5.74) is 2.19. The molecule has 0 saturated carbocycles. The predicted octanol–water partition coefficient (Wildman–Crippen LogP) is 2.44. The Morgan fingerprint density at radius 1 is 1.17 bits per heavy atom. The second-order valence-electron chi connectivity index (χ2n) is 5.69. The zero-order chi connectivity index (χ0) is 17.3. The monoisotopic (exact) mass is 324 g/mol. The summed E-state index contributed by atoms with van der Waals surface area (Å²) in [4.78, 5) is 36.9. The maximum Gasteiger partial charge on any atom is 0.335 e. The van der Waals surface area contributed by atoms with Crippen LogP contribution in [0, 0.1) is 6.92 Å². The molecule has 1 aliphatic rings. The number of nitrogens with zero attached hydrogens (tertiary/aromatic N) is 1. The Labute approximate surface area is 138 Å². The lowest BCUT2D eigenvalue weighted by molar-refractivity contribution is -0.121. The second-order valence-corrected chi connectivity index (χ2v) is 5.69. The summed E-state index contributed by atoms with van der Waals surface area (Å²) in [6, 6.07) is 12.6. The Bertz CT molecular complexity index is 814. The Balaban J connectivity index is 1.80. The summed E-state index contributed by atoms with van der Waals surface area (Å²) in [5.74, 6) is -1.67. The lowest BCUT2D eigenvalue weighted by Crippen LogP contribution is -2.34. The van der Waals surface area contributed by atoms with E-state index in [-0.39, 0.29) is 23.8 Å². The minimum absolute atomic E-state index is 0.0318. The van der Waals surface area contributed by atoms with Gasteiger partial charge in [-0.15, -0.1) is 0 Å². The molecule has 1 saturated heterocycles. The van der Waals surface area contributed by atoms with Crippen LogP contribution in [0.3, 0.4) is 0 Å². The third-order valence-electron chi connectivity index (χ3n) is 3.89. The Kier molecular flexibility index (Phi) is 4.04. The Morgan fingerprint density at radius 2 is 1.88 bits per heavy atom. The van der Waals surface area contributed by atoms with Gasteiger partial charge >= 0.3 is 5.97 Å². The van der Waals surface area contributed by atoms with Crippen LogP contribution < -0.4 is 10.2 Å². The lowest BCUT2D eigenvalue weighted by Gasteiger charge is -2.16. The average molecular weight is 324 g/mol. The van der Waals surface area contributed by atoms with Crippen LogP contribution in [0.5, 0.6) is 0 Å². The quantitative estimate of drug-likeness (QED) is 0.844. The standard InChI is InChI=1S/C18H16N2O4/c1-11-5-7-14(8-6-11)20-16(21)10-15(17(20)22)19-13-4-2-3-12(9-13)18(23)24/h2-9,15,19H,10H2,1H3,(H,23,24)/t15-/m1/s1. The number of aromatic carboxylic acids is 1. The first kappa shape index (κ1) is 15.7. The van der Waals surface area contributed by atoms with E-state index in [0.29, 0.717) is 11.4 Å². The number of imide groups is 1. The molecule has 1 fully saturated rings. The molecule has 24 heavy (non-hydrogen) atoms. The van der Waals surface area contributed by atoms with Gasteiger partial charge in [0.05, 0.1) is 17.7 Å². The first-order chi connectivity index (χ1) is 11.5. The zero-order valence-electron chi connectivity index (χ0n) is 13.0. The number of carboxylic acids is 1. The number of carbonyl (C=O) groups is 3. The Morgan fingerprint density at radius 3 is 2.54 bits per heavy atom. The highest BCUT2D eigenvalue weighted by atomic mass is 16.4. The number of carbonyl (C=O) groups excluding carboxylic acids is 2. The summed E-state index contributed by atoms with van der Waals surface area (Å²) in [6.45, 7) is 1.93. The van der Waals surface area contributed by atoms with E-state index in [4.69, 9.17) is 5.11 Å². The van der Waals surface area contributed by atoms with Crippen LogP contribution >= 0.6 is 0 Å². The first-order valence-electron chi connectivity index (χ1n) is 7.49. The van der Waals surface area contributed by atoms with Crippen LogP contribution in [0.15, 0.2) is 48.5 Å². The highest BCUT2D eigenvalue weighted by Gasteiger charge is 2.39. The molecule has 1 heterocycles. The number of amides is 2. The van der Waals surface area contributed by atoms with E-state index in [2.05, 4.69) is 5.32 Å². The zero-order valence-corrected chi connectivity index (χ0v) is 13.0. The van der Waals surface area contributed by atoms with Crippen molar-refractivity contribution in [2.75, 3.05) is 10.2 Å². The van der Waals surface area contributed by atoms with Gasteiger partial charge in [-0.1, -0.05) is 23.8 Å². The molecule has 6 heteroatoms. The minimum atomic E-state index is -1.05. The van der Waals surface area contributed by atoms with E-state index in [9.17, 15) is 14.4 Å². The molecular formula is C18H16N2O4. The molecule has 0 aromatic heterocycles. The normalized spacial score (nSPS) is 17.2. The fourth-order valence-electron chi connectivity index (χ4n) is 2.65. The van der Waals surface area contributed by atoms with Gasteiger partial charge in [0.2, 0.25) is 5.91 Å². The molecule has 6 nitrogen and oxygen atoms in total. The smallest absolute Gasteiger partial charge is 0.335 e. The van der Waals surface area contributed by atoms with Crippen molar-refractivity contribution in [2.24, 2.45) is 0 Å². The number of hydrogen-bond acceptors (Lipinski definition) is 4. The van der Waals surface area contributed by atoms with Gasteiger partial charge in [0.25, 0.3) is 5.91 Å². The number of rotatable bonds is 4. The average Bonchev–Trinajstić information content (AvgIpc) is 2.83. The van der Waals surface area contributed by atoms with Crippen molar-refractivity contribution in [2.45, 2.75) is 19.4 Å². The summed E-state index contributed by atoms with van der Waals surface area (Å²) >= 11 is 0. The van der Waals surface area contributed by atoms with Crippen LogP contribution in [-0.4, -0.2) is 28.9 Å². The third-order valence-corrected chi connectivity index (χ3v) is 3.89. The van der Waals surface area contributed by atoms with E-state index in [1.165, 1.54) is 12.1 Å². The van der Waals surface area contributed by atoms with Crippen LogP contribution in [-0.2, 0) is 9.59 Å². The van der Waals surface area contributed by atoms with Crippen molar-refractivity contribution >= 4 is 29.2 Å².